The summed E-state index contributed by atoms with van der Waals surface area (Å²) in [6.45, 7) is 4.20. The molecule has 1 aromatic carbocycles. The number of hydrogen-bond acceptors (Lipinski definition) is 4. The number of benzene rings is 1. The Hall–Kier alpha value is -1.43. The molecule has 1 unspecified atom stereocenters. The third-order valence-corrected chi connectivity index (χ3v) is 3.61. The maximum Gasteiger partial charge on any atom is 0.250 e. The smallest absolute Gasteiger partial charge is 0.250 e. The molecule has 5 nitrogen and oxygen atoms in total. The zero-order valence-electron chi connectivity index (χ0n) is 13.1. The minimum atomic E-state index is -0.337. The standard InChI is InChI=1S/C17H26N2O3/c20-17(16-14-18-10-13-22-16)19-9-4-5-11-21-12-8-15-6-2-1-3-7-15/h1-3,6-7,16,18H,4-5,8-14H2,(H,19,20). The van der Waals surface area contributed by atoms with Crippen molar-refractivity contribution >= 4 is 5.91 Å². The van der Waals surface area contributed by atoms with E-state index >= 15 is 0 Å². The van der Waals surface area contributed by atoms with Crippen LogP contribution in [0.4, 0.5) is 0 Å². The molecule has 1 heterocycles. The lowest BCUT2D eigenvalue weighted by atomic mass is 10.2. The Bertz CT molecular complexity index is 419. The maximum atomic E-state index is 11.8. The molecule has 1 aliphatic heterocycles. The average Bonchev–Trinajstić information content (AvgIpc) is 2.59. The third-order valence-electron chi connectivity index (χ3n) is 3.61. The predicted octanol–water partition coefficient (Wildman–Crippen LogP) is 1.13. The van der Waals surface area contributed by atoms with E-state index in [1.807, 2.05) is 18.2 Å². The molecule has 0 aromatic heterocycles. The Morgan fingerprint density at radius 3 is 2.91 bits per heavy atom. The van der Waals surface area contributed by atoms with Crippen LogP contribution in [0.5, 0.6) is 0 Å². The number of hydrogen-bond donors (Lipinski definition) is 2. The van der Waals surface area contributed by atoms with Gasteiger partial charge in [-0.1, -0.05) is 30.3 Å². The van der Waals surface area contributed by atoms with Gasteiger partial charge in [-0.3, -0.25) is 4.79 Å². The molecule has 0 bridgehead atoms. The number of amides is 1. The normalized spacial score (nSPS) is 18.1. The Balaban J connectivity index is 1.42. The number of ether oxygens (including phenoxy) is 2. The molecule has 122 valence electrons. The molecular weight excluding hydrogens is 280 g/mol. The fraction of sp³-hybridized carbons (Fsp3) is 0.588. The molecule has 2 rings (SSSR count). The van der Waals surface area contributed by atoms with Gasteiger partial charge in [-0.15, -0.1) is 0 Å². The van der Waals surface area contributed by atoms with Crippen LogP contribution in [0.15, 0.2) is 30.3 Å². The van der Waals surface area contributed by atoms with Crippen LogP contribution in [-0.2, 0) is 20.7 Å². The second-order valence-corrected chi connectivity index (χ2v) is 5.41. The van der Waals surface area contributed by atoms with E-state index in [2.05, 4.69) is 22.8 Å². The van der Waals surface area contributed by atoms with E-state index in [4.69, 9.17) is 9.47 Å². The van der Waals surface area contributed by atoms with Crippen molar-refractivity contribution in [2.24, 2.45) is 0 Å². The molecule has 0 saturated carbocycles. The van der Waals surface area contributed by atoms with Crippen molar-refractivity contribution in [1.82, 2.24) is 10.6 Å². The summed E-state index contributed by atoms with van der Waals surface area (Å²) in [4.78, 5) is 11.8. The van der Waals surface area contributed by atoms with Gasteiger partial charge < -0.3 is 20.1 Å². The van der Waals surface area contributed by atoms with E-state index in [-0.39, 0.29) is 12.0 Å². The van der Waals surface area contributed by atoms with Gasteiger partial charge in [0.2, 0.25) is 5.91 Å². The second-order valence-electron chi connectivity index (χ2n) is 5.41. The van der Waals surface area contributed by atoms with Crippen molar-refractivity contribution in [2.75, 3.05) is 39.5 Å². The summed E-state index contributed by atoms with van der Waals surface area (Å²) < 4.78 is 11.0. The van der Waals surface area contributed by atoms with E-state index in [1.165, 1.54) is 5.56 Å². The van der Waals surface area contributed by atoms with Gasteiger partial charge in [0.05, 0.1) is 13.2 Å². The molecule has 1 saturated heterocycles. The van der Waals surface area contributed by atoms with Crippen LogP contribution in [0, 0.1) is 0 Å². The molecule has 0 radical (unpaired) electrons. The van der Waals surface area contributed by atoms with Gasteiger partial charge in [0.15, 0.2) is 0 Å². The van der Waals surface area contributed by atoms with Gasteiger partial charge in [0.25, 0.3) is 0 Å². The molecule has 22 heavy (non-hydrogen) atoms. The van der Waals surface area contributed by atoms with Gasteiger partial charge in [-0.25, -0.2) is 0 Å². The van der Waals surface area contributed by atoms with Crippen molar-refractivity contribution in [2.45, 2.75) is 25.4 Å². The fourth-order valence-corrected chi connectivity index (χ4v) is 2.33. The topological polar surface area (TPSA) is 59.6 Å². The van der Waals surface area contributed by atoms with Crippen molar-refractivity contribution < 1.29 is 14.3 Å². The molecule has 1 fully saturated rings. The SMILES string of the molecule is O=C(NCCCCOCCc1ccccc1)C1CNCCO1. The van der Waals surface area contributed by atoms with E-state index in [0.29, 0.717) is 19.7 Å². The van der Waals surface area contributed by atoms with E-state index in [9.17, 15) is 4.79 Å². The third kappa shape index (κ3) is 6.56. The van der Waals surface area contributed by atoms with Crippen LogP contribution >= 0.6 is 0 Å². The first-order chi connectivity index (χ1) is 10.9. The largest absolute Gasteiger partial charge is 0.381 e. The number of morpholine rings is 1. The summed E-state index contributed by atoms with van der Waals surface area (Å²) in [5.74, 6) is -0.0165. The van der Waals surface area contributed by atoms with Gasteiger partial charge in [0, 0.05) is 26.2 Å². The lowest BCUT2D eigenvalue weighted by Gasteiger charge is -2.22. The van der Waals surface area contributed by atoms with Gasteiger partial charge in [0.1, 0.15) is 6.10 Å². The minimum absolute atomic E-state index is 0.0165. The van der Waals surface area contributed by atoms with Crippen molar-refractivity contribution in [3.8, 4) is 0 Å². The molecule has 1 atom stereocenters. The first kappa shape index (κ1) is 16.9. The van der Waals surface area contributed by atoms with Gasteiger partial charge in [-0.2, -0.15) is 0 Å². The second kappa shape index (κ2) is 10.3. The van der Waals surface area contributed by atoms with Gasteiger partial charge >= 0.3 is 0 Å². The zero-order chi connectivity index (χ0) is 15.5. The molecule has 0 spiro atoms. The van der Waals surface area contributed by atoms with Crippen LogP contribution in [0.25, 0.3) is 0 Å². The van der Waals surface area contributed by atoms with E-state index in [0.717, 1.165) is 39.0 Å². The summed E-state index contributed by atoms with van der Waals surface area (Å²) in [6, 6.07) is 10.3. The molecule has 2 N–H and O–H groups in total. The first-order valence-corrected chi connectivity index (χ1v) is 8.08. The Kier molecular flexibility index (Phi) is 7.94. The number of nitrogens with one attached hydrogen (secondary N) is 2. The highest BCUT2D eigenvalue weighted by Gasteiger charge is 2.20. The summed E-state index contributed by atoms with van der Waals surface area (Å²) in [7, 11) is 0. The highest BCUT2D eigenvalue weighted by atomic mass is 16.5. The highest BCUT2D eigenvalue weighted by molar-refractivity contribution is 5.81. The summed E-state index contributed by atoms with van der Waals surface area (Å²) in [6.07, 6.45) is 2.50. The van der Waals surface area contributed by atoms with Crippen molar-refractivity contribution in [3.05, 3.63) is 35.9 Å². The maximum absolute atomic E-state index is 11.8. The Morgan fingerprint density at radius 1 is 1.27 bits per heavy atom. The molecule has 1 aromatic rings. The lowest BCUT2D eigenvalue weighted by molar-refractivity contribution is -0.134. The van der Waals surface area contributed by atoms with Gasteiger partial charge in [-0.05, 0) is 24.8 Å². The highest BCUT2D eigenvalue weighted by Crippen LogP contribution is 2.00. The number of carbonyl (C=O) groups is 1. The van der Waals surface area contributed by atoms with Crippen LogP contribution in [-0.4, -0.2) is 51.5 Å². The van der Waals surface area contributed by atoms with E-state index < -0.39 is 0 Å². The predicted molar refractivity (Wildman–Crippen MR) is 85.8 cm³/mol. The Morgan fingerprint density at radius 2 is 2.14 bits per heavy atom. The molecule has 5 heteroatoms. The van der Waals surface area contributed by atoms with Crippen LogP contribution in [0.3, 0.4) is 0 Å². The van der Waals surface area contributed by atoms with Crippen molar-refractivity contribution in [3.63, 3.8) is 0 Å². The molecule has 0 aliphatic carbocycles. The zero-order valence-corrected chi connectivity index (χ0v) is 13.1. The quantitative estimate of drug-likeness (QED) is 0.672. The summed E-state index contributed by atoms with van der Waals surface area (Å²) >= 11 is 0. The van der Waals surface area contributed by atoms with Crippen LogP contribution < -0.4 is 10.6 Å². The average molecular weight is 306 g/mol. The van der Waals surface area contributed by atoms with E-state index in [1.54, 1.807) is 0 Å². The van der Waals surface area contributed by atoms with Crippen molar-refractivity contribution in [1.29, 1.82) is 0 Å². The first-order valence-electron chi connectivity index (χ1n) is 8.08. The monoisotopic (exact) mass is 306 g/mol. The fourth-order valence-electron chi connectivity index (χ4n) is 2.33. The number of unbranched alkanes of at least 4 members (excludes halogenated alkanes) is 1. The number of rotatable bonds is 9. The minimum Gasteiger partial charge on any atom is -0.381 e. The number of carbonyl (C=O) groups excluding carboxylic acids is 1. The molecular formula is C17H26N2O3. The summed E-state index contributed by atoms with van der Waals surface area (Å²) in [5, 5.41) is 6.06. The molecule has 1 amide bonds. The lowest BCUT2D eigenvalue weighted by Crippen LogP contribution is -2.48. The molecule has 1 aliphatic rings. The summed E-state index contributed by atoms with van der Waals surface area (Å²) in [5.41, 5.74) is 1.30. The van der Waals surface area contributed by atoms with Crippen LogP contribution in [0.1, 0.15) is 18.4 Å². The Labute approximate surface area is 132 Å². The van der Waals surface area contributed by atoms with Crippen LogP contribution in [0.2, 0.25) is 0 Å².